The molecular weight excluding hydrogens is 238 g/mol. The lowest BCUT2D eigenvalue weighted by atomic mass is 10.2. The van der Waals surface area contributed by atoms with Crippen LogP contribution in [0.15, 0.2) is 17.3 Å². The number of H-pyrrole nitrogens is 1. The molecular formula is C7H11N3O5S. The molecule has 0 bridgehead atoms. The number of carboxylic acid groups (broad SMARTS) is 1. The van der Waals surface area contributed by atoms with Crippen molar-refractivity contribution in [3.8, 4) is 0 Å². The summed E-state index contributed by atoms with van der Waals surface area (Å²) in [7, 11) is -4.02. The van der Waals surface area contributed by atoms with Crippen LogP contribution in [0.2, 0.25) is 0 Å². The normalized spacial score (nSPS) is 15.6. The fourth-order valence-corrected chi connectivity index (χ4v) is 2.15. The molecule has 1 rings (SSSR count). The number of nitrogens with zero attached hydrogens (tertiary/aromatic N) is 1. The van der Waals surface area contributed by atoms with Gasteiger partial charge in [-0.05, 0) is 13.0 Å². The number of sulfonamides is 1. The standard InChI is InChI=1S/C7H11N3O5S/c1-4(11)6(7(12)13)10-16(14,15)5-2-3-8-9-5/h2-4,6,10-11H,1H3,(H,8,9)(H,12,13)/t4-,6+/m1/s1. The van der Waals surface area contributed by atoms with Crippen molar-refractivity contribution in [1.29, 1.82) is 0 Å². The number of aromatic nitrogens is 2. The topological polar surface area (TPSA) is 132 Å². The van der Waals surface area contributed by atoms with E-state index in [-0.39, 0.29) is 5.03 Å². The first kappa shape index (κ1) is 12.6. The van der Waals surface area contributed by atoms with Gasteiger partial charge in [0.1, 0.15) is 6.04 Å². The van der Waals surface area contributed by atoms with E-state index < -0.39 is 28.1 Å². The Morgan fingerprint density at radius 1 is 1.62 bits per heavy atom. The predicted molar refractivity (Wildman–Crippen MR) is 52.0 cm³/mol. The Bertz CT molecular complexity index is 452. The summed E-state index contributed by atoms with van der Waals surface area (Å²) in [6.07, 6.45) is -0.137. The summed E-state index contributed by atoms with van der Waals surface area (Å²) in [5, 5.41) is 23.2. The van der Waals surface area contributed by atoms with Crippen LogP contribution in [0.25, 0.3) is 0 Å². The van der Waals surface area contributed by atoms with Gasteiger partial charge in [-0.15, -0.1) is 0 Å². The molecule has 9 heteroatoms. The zero-order chi connectivity index (χ0) is 12.3. The lowest BCUT2D eigenvalue weighted by Crippen LogP contribution is -2.47. The minimum atomic E-state index is -4.02. The van der Waals surface area contributed by atoms with Crippen molar-refractivity contribution < 1.29 is 23.4 Å². The molecule has 0 spiro atoms. The maximum absolute atomic E-state index is 11.6. The molecule has 0 saturated heterocycles. The van der Waals surface area contributed by atoms with E-state index in [1.165, 1.54) is 19.2 Å². The molecule has 0 radical (unpaired) electrons. The monoisotopic (exact) mass is 249 g/mol. The van der Waals surface area contributed by atoms with E-state index in [0.29, 0.717) is 0 Å². The fourth-order valence-electron chi connectivity index (χ4n) is 0.979. The van der Waals surface area contributed by atoms with Crippen molar-refractivity contribution in [2.45, 2.75) is 24.1 Å². The van der Waals surface area contributed by atoms with E-state index in [2.05, 4.69) is 10.2 Å². The van der Waals surface area contributed by atoms with E-state index in [4.69, 9.17) is 10.2 Å². The van der Waals surface area contributed by atoms with Crippen molar-refractivity contribution >= 4 is 16.0 Å². The molecule has 4 N–H and O–H groups in total. The highest BCUT2D eigenvalue weighted by molar-refractivity contribution is 7.89. The highest BCUT2D eigenvalue weighted by Crippen LogP contribution is 2.05. The van der Waals surface area contributed by atoms with E-state index in [1.807, 2.05) is 4.72 Å². The van der Waals surface area contributed by atoms with Crippen LogP contribution in [-0.2, 0) is 14.8 Å². The Kier molecular flexibility index (Phi) is 3.62. The maximum Gasteiger partial charge on any atom is 0.324 e. The minimum Gasteiger partial charge on any atom is -0.480 e. The van der Waals surface area contributed by atoms with E-state index >= 15 is 0 Å². The number of hydrogen-bond donors (Lipinski definition) is 4. The van der Waals surface area contributed by atoms with E-state index in [0.717, 1.165) is 0 Å². The third-order valence-electron chi connectivity index (χ3n) is 1.80. The number of rotatable bonds is 5. The van der Waals surface area contributed by atoms with Crippen molar-refractivity contribution in [1.82, 2.24) is 14.9 Å². The van der Waals surface area contributed by atoms with Crippen LogP contribution in [0.3, 0.4) is 0 Å². The molecule has 90 valence electrons. The molecule has 0 aromatic carbocycles. The number of aliphatic hydroxyl groups excluding tert-OH is 1. The van der Waals surface area contributed by atoms with Gasteiger partial charge in [0.2, 0.25) is 0 Å². The second-order valence-corrected chi connectivity index (χ2v) is 4.78. The van der Waals surface area contributed by atoms with Crippen molar-refractivity contribution in [3.63, 3.8) is 0 Å². The van der Waals surface area contributed by atoms with Gasteiger partial charge in [0.15, 0.2) is 5.03 Å². The predicted octanol–water partition coefficient (Wildman–Crippen LogP) is -1.48. The zero-order valence-electron chi connectivity index (χ0n) is 8.28. The summed E-state index contributed by atoms with van der Waals surface area (Å²) in [6.45, 7) is 1.17. The van der Waals surface area contributed by atoms with E-state index in [1.54, 1.807) is 0 Å². The summed E-state index contributed by atoms with van der Waals surface area (Å²) in [5.41, 5.74) is 0. The average Bonchev–Trinajstić information content (AvgIpc) is 2.66. The van der Waals surface area contributed by atoms with Crippen LogP contribution in [0.5, 0.6) is 0 Å². The Morgan fingerprint density at radius 2 is 2.25 bits per heavy atom. The maximum atomic E-state index is 11.6. The molecule has 8 nitrogen and oxygen atoms in total. The Balaban J connectivity index is 2.92. The lowest BCUT2D eigenvalue weighted by Gasteiger charge is -2.16. The molecule has 16 heavy (non-hydrogen) atoms. The molecule has 0 saturated carbocycles. The summed E-state index contributed by atoms with van der Waals surface area (Å²) in [5.74, 6) is -1.46. The van der Waals surface area contributed by atoms with Gasteiger partial charge in [0, 0.05) is 0 Å². The van der Waals surface area contributed by atoms with Gasteiger partial charge < -0.3 is 10.2 Å². The van der Waals surface area contributed by atoms with Crippen LogP contribution in [0.4, 0.5) is 0 Å². The summed E-state index contributed by atoms with van der Waals surface area (Å²) in [6, 6.07) is -0.434. The highest BCUT2D eigenvalue weighted by Gasteiger charge is 2.29. The van der Waals surface area contributed by atoms with Gasteiger partial charge >= 0.3 is 5.97 Å². The number of hydrogen-bond acceptors (Lipinski definition) is 5. The Labute approximate surface area is 91.3 Å². The second-order valence-electron chi connectivity index (χ2n) is 3.10. The SMILES string of the molecule is C[C@@H](O)[C@H](NS(=O)(=O)c1ccn[nH]1)C(=O)O. The summed E-state index contributed by atoms with van der Waals surface area (Å²) >= 11 is 0. The number of carboxylic acids is 1. The van der Waals surface area contributed by atoms with Crippen LogP contribution in [0, 0.1) is 0 Å². The third kappa shape index (κ3) is 2.78. The Hall–Kier alpha value is -1.45. The van der Waals surface area contributed by atoms with Gasteiger partial charge in [-0.25, -0.2) is 8.42 Å². The van der Waals surface area contributed by atoms with Crippen molar-refractivity contribution in [2.24, 2.45) is 0 Å². The van der Waals surface area contributed by atoms with Gasteiger partial charge in [-0.3, -0.25) is 9.89 Å². The molecule has 0 aliphatic heterocycles. The highest BCUT2D eigenvalue weighted by atomic mass is 32.2. The molecule has 0 aliphatic rings. The molecule has 0 aliphatic carbocycles. The summed E-state index contributed by atoms with van der Waals surface area (Å²) < 4.78 is 25.0. The first-order valence-corrected chi connectivity index (χ1v) is 5.75. The molecule has 0 fully saturated rings. The van der Waals surface area contributed by atoms with Crippen LogP contribution in [-0.4, -0.2) is 46.9 Å². The number of nitrogens with one attached hydrogen (secondary N) is 2. The second kappa shape index (κ2) is 4.60. The smallest absolute Gasteiger partial charge is 0.324 e. The lowest BCUT2D eigenvalue weighted by molar-refractivity contribution is -0.141. The zero-order valence-corrected chi connectivity index (χ0v) is 9.10. The summed E-state index contributed by atoms with van der Waals surface area (Å²) in [4.78, 5) is 10.7. The molecule has 2 atom stereocenters. The van der Waals surface area contributed by atoms with Gasteiger partial charge in [0.25, 0.3) is 10.0 Å². The minimum absolute atomic E-state index is 0.264. The van der Waals surface area contributed by atoms with Gasteiger partial charge in [-0.2, -0.15) is 9.82 Å². The van der Waals surface area contributed by atoms with Crippen LogP contribution < -0.4 is 4.72 Å². The largest absolute Gasteiger partial charge is 0.480 e. The molecule has 0 unspecified atom stereocenters. The molecule has 1 aromatic rings. The third-order valence-corrected chi connectivity index (χ3v) is 3.17. The first-order chi connectivity index (χ1) is 7.34. The number of carbonyl (C=O) groups is 1. The van der Waals surface area contributed by atoms with Gasteiger partial charge in [0.05, 0.1) is 12.3 Å². The first-order valence-electron chi connectivity index (χ1n) is 4.27. The van der Waals surface area contributed by atoms with E-state index in [9.17, 15) is 13.2 Å². The molecule has 1 aromatic heterocycles. The quantitative estimate of drug-likeness (QED) is 0.503. The average molecular weight is 249 g/mol. The van der Waals surface area contributed by atoms with Crippen LogP contribution in [0.1, 0.15) is 6.92 Å². The van der Waals surface area contributed by atoms with Crippen molar-refractivity contribution in [2.75, 3.05) is 0 Å². The fraction of sp³-hybridized carbons (Fsp3) is 0.429. The Morgan fingerprint density at radius 3 is 2.62 bits per heavy atom. The molecule has 1 heterocycles. The van der Waals surface area contributed by atoms with Gasteiger partial charge in [-0.1, -0.05) is 0 Å². The van der Waals surface area contributed by atoms with Crippen LogP contribution >= 0.6 is 0 Å². The molecule has 0 amide bonds. The number of aromatic amines is 1. The number of aliphatic carboxylic acids is 1. The van der Waals surface area contributed by atoms with Crippen molar-refractivity contribution in [3.05, 3.63) is 12.3 Å². The number of aliphatic hydroxyl groups is 1.